The van der Waals surface area contributed by atoms with Crippen molar-refractivity contribution in [2.75, 3.05) is 6.61 Å². The molecule has 0 radical (unpaired) electrons. The van der Waals surface area contributed by atoms with E-state index in [9.17, 15) is 14.7 Å². The predicted octanol–water partition coefficient (Wildman–Crippen LogP) is 1.00. The third-order valence-corrected chi connectivity index (χ3v) is 2.43. The number of ketones is 1. The van der Waals surface area contributed by atoms with Gasteiger partial charge in [-0.15, -0.1) is 0 Å². The molecule has 0 aliphatic heterocycles. The van der Waals surface area contributed by atoms with Gasteiger partial charge < -0.3 is 20.4 Å². The van der Waals surface area contributed by atoms with Crippen molar-refractivity contribution in [2.45, 2.75) is 6.92 Å². The number of rotatable bonds is 5. The van der Waals surface area contributed by atoms with Crippen LogP contribution in [0.25, 0.3) is 0 Å². The number of Topliss-reactive ketones (excluding diaryl/α,β-unsaturated/α-hetero) is 1. The van der Waals surface area contributed by atoms with Crippen LogP contribution < -0.4 is 0 Å². The minimum absolute atomic E-state index is 0.138. The summed E-state index contributed by atoms with van der Waals surface area (Å²) in [5.41, 5.74) is -0.350. The molecule has 0 saturated carbocycles. The van der Waals surface area contributed by atoms with E-state index in [1.165, 1.54) is 13.0 Å². The Morgan fingerprint density at radius 3 is 2.60 bits per heavy atom. The fraction of sp³-hybridized carbons (Fsp3) is 0.231. The Morgan fingerprint density at radius 2 is 2.10 bits per heavy atom. The SMILES string of the molecule is CC(=N)C(C#N)C(=O)COC(=O)c1ccc(O)cc1O. The molecule has 0 aliphatic carbocycles. The van der Waals surface area contributed by atoms with Crippen molar-refractivity contribution < 1.29 is 24.5 Å². The van der Waals surface area contributed by atoms with Gasteiger partial charge >= 0.3 is 5.97 Å². The number of hydrogen-bond donors (Lipinski definition) is 3. The van der Waals surface area contributed by atoms with E-state index in [1.807, 2.05) is 0 Å². The highest BCUT2D eigenvalue weighted by molar-refractivity contribution is 6.06. The van der Waals surface area contributed by atoms with Gasteiger partial charge in [-0.25, -0.2) is 4.79 Å². The minimum atomic E-state index is -1.25. The number of nitrogens with one attached hydrogen (secondary N) is 1. The fourth-order valence-electron chi connectivity index (χ4n) is 1.40. The summed E-state index contributed by atoms with van der Waals surface area (Å²) in [6.45, 7) is 0.632. The van der Waals surface area contributed by atoms with Gasteiger partial charge in [-0.2, -0.15) is 5.26 Å². The highest BCUT2D eigenvalue weighted by Crippen LogP contribution is 2.23. The number of hydrogen-bond acceptors (Lipinski definition) is 7. The molecule has 7 nitrogen and oxygen atoms in total. The molecule has 0 aliphatic rings. The molecule has 0 heterocycles. The normalized spacial score (nSPS) is 11.2. The number of aromatic hydroxyl groups is 2. The molecule has 0 bridgehead atoms. The minimum Gasteiger partial charge on any atom is -0.508 e. The van der Waals surface area contributed by atoms with Gasteiger partial charge in [-0.05, 0) is 19.1 Å². The van der Waals surface area contributed by atoms with E-state index in [1.54, 1.807) is 6.07 Å². The largest absolute Gasteiger partial charge is 0.508 e. The lowest BCUT2D eigenvalue weighted by Gasteiger charge is -2.08. The number of carbonyl (C=O) groups excluding carboxylic acids is 2. The number of benzene rings is 1. The van der Waals surface area contributed by atoms with Crippen LogP contribution in [0.2, 0.25) is 0 Å². The first kappa shape index (κ1) is 15.2. The van der Waals surface area contributed by atoms with E-state index in [2.05, 4.69) is 4.74 Å². The number of nitrogens with zero attached hydrogens (tertiary/aromatic N) is 1. The summed E-state index contributed by atoms with van der Waals surface area (Å²) in [6.07, 6.45) is 0. The van der Waals surface area contributed by atoms with Gasteiger partial charge in [0.2, 0.25) is 0 Å². The lowest BCUT2D eigenvalue weighted by Crippen LogP contribution is -2.25. The van der Waals surface area contributed by atoms with Crippen LogP contribution >= 0.6 is 0 Å². The van der Waals surface area contributed by atoms with Crippen molar-refractivity contribution in [1.29, 1.82) is 10.7 Å². The molecule has 104 valence electrons. The molecule has 3 N–H and O–H groups in total. The summed E-state index contributed by atoms with van der Waals surface area (Å²) in [7, 11) is 0. The second-order valence-corrected chi connectivity index (χ2v) is 3.99. The molecule has 1 aromatic rings. The molecule has 0 amide bonds. The van der Waals surface area contributed by atoms with Crippen molar-refractivity contribution >= 4 is 17.5 Å². The number of phenolic OH excluding ortho intramolecular Hbond substituents is 2. The molecule has 0 saturated heterocycles. The zero-order valence-electron chi connectivity index (χ0n) is 10.6. The zero-order chi connectivity index (χ0) is 15.3. The first-order valence-electron chi connectivity index (χ1n) is 5.53. The Kier molecular flexibility index (Phi) is 4.81. The van der Waals surface area contributed by atoms with Crippen LogP contribution in [0.3, 0.4) is 0 Å². The Morgan fingerprint density at radius 1 is 1.45 bits per heavy atom. The number of ether oxygens (including phenoxy) is 1. The molecular weight excluding hydrogens is 264 g/mol. The maximum atomic E-state index is 11.6. The number of phenols is 2. The van der Waals surface area contributed by atoms with Gasteiger partial charge in [0.05, 0.1) is 6.07 Å². The molecule has 0 fully saturated rings. The van der Waals surface area contributed by atoms with Gasteiger partial charge in [0, 0.05) is 11.8 Å². The van der Waals surface area contributed by atoms with Crippen molar-refractivity contribution in [3.63, 3.8) is 0 Å². The summed E-state index contributed by atoms with van der Waals surface area (Å²) in [4.78, 5) is 23.2. The van der Waals surface area contributed by atoms with E-state index >= 15 is 0 Å². The van der Waals surface area contributed by atoms with E-state index in [4.69, 9.17) is 15.8 Å². The second kappa shape index (κ2) is 6.33. The monoisotopic (exact) mass is 276 g/mol. The first-order chi connectivity index (χ1) is 9.36. The standard InChI is InChI=1S/C13H12N2O5/c1-7(15)10(5-14)12(18)6-20-13(19)9-3-2-8(16)4-11(9)17/h2-4,10,15-17H,6H2,1H3. The predicted molar refractivity (Wildman–Crippen MR) is 67.6 cm³/mol. The summed E-state index contributed by atoms with van der Waals surface area (Å²) in [5.74, 6) is -3.64. The van der Waals surface area contributed by atoms with E-state index < -0.39 is 30.0 Å². The summed E-state index contributed by atoms with van der Waals surface area (Å²) in [5, 5.41) is 34.5. The Balaban J connectivity index is 2.71. The molecule has 1 unspecified atom stereocenters. The summed E-state index contributed by atoms with van der Waals surface area (Å²) in [6, 6.07) is 4.91. The van der Waals surface area contributed by atoms with Gasteiger partial charge in [-0.1, -0.05) is 0 Å². The molecular formula is C13H12N2O5. The van der Waals surface area contributed by atoms with Crippen molar-refractivity contribution in [1.82, 2.24) is 0 Å². The van der Waals surface area contributed by atoms with Crippen LogP contribution in [0.5, 0.6) is 11.5 Å². The molecule has 7 heteroatoms. The van der Waals surface area contributed by atoms with Gasteiger partial charge in [0.15, 0.2) is 12.4 Å². The van der Waals surface area contributed by atoms with Crippen molar-refractivity contribution in [3.05, 3.63) is 23.8 Å². The van der Waals surface area contributed by atoms with Crippen LogP contribution in [0, 0.1) is 22.7 Å². The lowest BCUT2D eigenvalue weighted by molar-refractivity contribution is -0.122. The molecule has 20 heavy (non-hydrogen) atoms. The highest BCUT2D eigenvalue weighted by Gasteiger charge is 2.22. The Hall–Kier alpha value is -2.88. The first-order valence-corrected chi connectivity index (χ1v) is 5.53. The van der Waals surface area contributed by atoms with Crippen molar-refractivity contribution in [3.8, 4) is 17.6 Å². The van der Waals surface area contributed by atoms with Crippen molar-refractivity contribution in [2.24, 2.45) is 5.92 Å². The van der Waals surface area contributed by atoms with Gasteiger partial charge in [0.1, 0.15) is 23.0 Å². The van der Waals surface area contributed by atoms with Crippen LogP contribution in [0.4, 0.5) is 0 Å². The second-order valence-electron chi connectivity index (χ2n) is 3.99. The molecule has 1 atom stereocenters. The van der Waals surface area contributed by atoms with Gasteiger partial charge in [-0.3, -0.25) is 4.79 Å². The Labute approximate surface area is 114 Å². The third-order valence-electron chi connectivity index (χ3n) is 2.43. The topological polar surface area (TPSA) is 131 Å². The van der Waals surface area contributed by atoms with Crippen LogP contribution in [-0.4, -0.2) is 34.3 Å². The smallest absolute Gasteiger partial charge is 0.342 e. The highest BCUT2D eigenvalue weighted by atomic mass is 16.5. The third kappa shape index (κ3) is 3.55. The lowest BCUT2D eigenvalue weighted by atomic mass is 10.0. The molecule has 1 aromatic carbocycles. The average Bonchev–Trinajstić information content (AvgIpc) is 2.36. The van der Waals surface area contributed by atoms with Crippen LogP contribution in [0.15, 0.2) is 18.2 Å². The fourth-order valence-corrected chi connectivity index (χ4v) is 1.40. The van der Waals surface area contributed by atoms with E-state index in [-0.39, 0.29) is 17.0 Å². The molecule has 1 rings (SSSR count). The molecule has 0 spiro atoms. The number of carbonyl (C=O) groups is 2. The van der Waals surface area contributed by atoms with Crippen LogP contribution in [0.1, 0.15) is 17.3 Å². The van der Waals surface area contributed by atoms with Crippen LogP contribution in [-0.2, 0) is 9.53 Å². The van der Waals surface area contributed by atoms with E-state index in [0.29, 0.717) is 0 Å². The van der Waals surface area contributed by atoms with E-state index in [0.717, 1.165) is 12.1 Å². The quantitative estimate of drug-likeness (QED) is 0.543. The zero-order valence-corrected chi connectivity index (χ0v) is 10.6. The molecule has 0 aromatic heterocycles. The average molecular weight is 276 g/mol. The maximum Gasteiger partial charge on any atom is 0.342 e. The van der Waals surface area contributed by atoms with Gasteiger partial charge in [0.25, 0.3) is 0 Å². The number of esters is 1. The summed E-state index contributed by atoms with van der Waals surface area (Å²) >= 11 is 0. The maximum absolute atomic E-state index is 11.6. The number of nitriles is 1. The summed E-state index contributed by atoms with van der Waals surface area (Å²) < 4.78 is 4.67. The Bertz CT molecular complexity index is 603.